The highest BCUT2D eigenvalue weighted by atomic mass is 79.9. The number of para-hydroxylation sites is 1. The molecule has 142 valence electrons. The van der Waals surface area contributed by atoms with E-state index in [2.05, 4.69) is 26.2 Å². The smallest absolute Gasteiger partial charge is 0.340 e. The Bertz CT molecular complexity index is 1150. The predicted octanol–water partition coefficient (Wildman–Crippen LogP) is 2.69. The molecule has 2 heterocycles. The number of benzene rings is 1. The van der Waals surface area contributed by atoms with Gasteiger partial charge in [0.1, 0.15) is 4.90 Å². The number of carbonyl (C=O) groups excluding carboxylic acids is 2. The maximum Gasteiger partial charge on any atom is 0.340 e. The van der Waals surface area contributed by atoms with Crippen molar-refractivity contribution in [1.82, 2.24) is 14.3 Å². The van der Waals surface area contributed by atoms with Gasteiger partial charge >= 0.3 is 12.0 Å². The third-order valence-electron chi connectivity index (χ3n) is 3.58. The lowest BCUT2D eigenvalue weighted by Crippen LogP contribution is -2.34. The van der Waals surface area contributed by atoms with Crippen LogP contribution in [0.1, 0.15) is 10.4 Å². The second-order valence-corrected chi connectivity index (χ2v) is 9.39. The van der Waals surface area contributed by atoms with Gasteiger partial charge in [-0.2, -0.15) is 0 Å². The van der Waals surface area contributed by atoms with E-state index in [0.717, 1.165) is 11.3 Å². The average molecular weight is 473 g/mol. The minimum absolute atomic E-state index is 0.138. The maximum atomic E-state index is 12.7. The summed E-state index contributed by atoms with van der Waals surface area (Å²) in [4.78, 5) is 27.8. The number of hydrogen-bond donors (Lipinski definition) is 2. The maximum absolute atomic E-state index is 12.7. The summed E-state index contributed by atoms with van der Waals surface area (Å²) in [7, 11) is -1.36. The Morgan fingerprint density at radius 1 is 1.33 bits per heavy atom. The summed E-state index contributed by atoms with van der Waals surface area (Å²) in [6.45, 7) is 0. The Labute approximate surface area is 166 Å². The van der Waals surface area contributed by atoms with Crippen LogP contribution in [0.2, 0.25) is 0 Å². The number of amides is 2. The minimum atomic E-state index is -4.20. The van der Waals surface area contributed by atoms with Crippen LogP contribution >= 0.6 is 27.3 Å². The van der Waals surface area contributed by atoms with Crippen molar-refractivity contribution < 1.29 is 22.7 Å². The zero-order valence-corrected chi connectivity index (χ0v) is 17.2. The van der Waals surface area contributed by atoms with Gasteiger partial charge in [0.05, 0.1) is 28.2 Å². The number of nitrogens with one attached hydrogen (secondary N) is 2. The number of nitrogens with zero attached hydrogens (tertiary/aromatic N) is 2. The number of aromatic nitrogens is 2. The van der Waals surface area contributed by atoms with Gasteiger partial charge in [0.15, 0.2) is 5.13 Å². The number of methoxy groups -OCH3 is 1. The number of sulfonamides is 1. The van der Waals surface area contributed by atoms with Crippen LogP contribution in [-0.2, 0) is 21.8 Å². The van der Waals surface area contributed by atoms with Crippen LogP contribution in [0.25, 0.3) is 10.9 Å². The molecule has 2 aromatic heterocycles. The topological polar surface area (TPSA) is 119 Å². The monoisotopic (exact) mass is 472 g/mol. The molecular formula is C15H13BrN4O5S2. The molecule has 1 aromatic carbocycles. The molecule has 12 heteroatoms. The lowest BCUT2D eigenvalue weighted by atomic mass is 10.1. The number of hydrogen-bond acceptors (Lipinski definition) is 7. The third kappa shape index (κ3) is 3.82. The third-order valence-corrected chi connectivity index (χ3v) is 6.33. The molecular weight excluding hydrogens is 460 g/mol. The summed E-state index contributed by atoms with van der Waals surface area (Å²) in [6.07, 6.45) is 2.81. The van der Waals surface area contributed by atoms with E-state index in [1.54, 1.807) is 19.2 Å². The van der Waals surface area contributed by atoms with Gasteiger partial charge in [-0.1, -0.05) is 23.5 Å². The van der Waals surface area contributed by atoms with E-state index in [4.69, 9.17) is 4.74 Å². The molecule has 9 nitrogen and oxygen atoms in total. The first-order valence-electron chi connectivity index (χ1n) is 7.34. The first-order chi connectivity index (χ1) is 12.7. The van der Waals surface area contributed by atoms with Crippen LogP contribution in [0.5, 0.6) is 0 Å². The fourth-order valence-corrected chi connectivity index (χ4v) is 4.79. The predicted molar refractivity (Wildman–Crippen MR) is 103 cm³/mol. The summed E-state index contributed by atoms with van der Waals surface area (Å²) in [5.74, 6) is -0.592. The summed E-state index contributed by atoms with van der Waals surface area (Å²) in [6, 6.07) is 3.68. The van der Waals surface area contributed by atoms with E-state index in [1.165, 1.54) is 30.1 Å². The van der Waals surface area contributed by atoms with Gasteiger partial charge in [0.25, 0.3) is 10.0 Å². The zero-order valence-electron chi connectivity index (χ0n) is 14.0. The van der Waals surface area contributed by atoms with Crippen LogP contribution in [0.4, 0.5) is 9.93 Å². The minimum Gasteiger partial charge on any atom is -0.465 e. The van der Waals surface area contributed by atoms with Crippen molar-refractivity contribution in [2.24, 2.45) is 7.05 Å². The number of rotatable bonds is 4. The number of esters is 1. The fourth-order valence-electron chi connectivity index (χ4n) is 2.53. The lowest BCUT2D eigenvalue weighted by Gasteiger charge is -2.06. The lowest BCUT2D eigenvalue weighted by molar-refractivity contribution is 0.0602. The van der Waals surface area contributed by atoms with E-state index in [-0.39, 0.29) is 21.0 Å². The summed E-state index contributed by atoms with van der Waals surface area (Å²) in [5, 5.41) is 2.88. The fraction of sp³-hybridized carbons (Fsp3) is 0.133. The molecule has 0 radical (unpaired) electrons. The molecule has 0 aliphatic rings. The van der Waals surface area contributed by atoms with Crippen molar-refractivity contribution in [3.63, 3.8) is 0 Å². The number of aryl methyl sites for hydroxylation is 1. The van der Waals surface area contributed by atoms with Gasteiger partial charge in [-0.25, -0.2) is 27.7 Å². The molecule has 3 rings (SSSR count). The van der Waals surface area contributed by atoms with Crippen molar-refractivity contribution in [3.05, 3.63) is 39.9 Å². The first-order valence-corrected chi connectivity index (χ1v) is 10.4. The Morgan fingerprint density at radius 2 is 2.07 bits per heavy atom. The van der Waals surface area contributed by atoms with E-state index in [9.17, 15) is 18.0 Å². The number of urea groups is 1. The SMILES string of the molecule is COC(=O)c1cccc2c(S(=O)(=O)NC(=O)Nc3ncc(Br)s3)cn(C)c12. The van der Waals surface area contributed by atoms with Crippen LogP contribution in [-0.4, -0.2) is 37.1 Å². The van der Waals surface area contributed by atoms with Gasteiger partial charge in [-0.05, 0) is 22.0 Å². The molecule has 0 aliphatic carbocycles. The quantitative estimate of drug-likeness (QED) is 0.563. The molecule has 0 atom stereocenters. The summed E-state index contributed by atoms with van der Waals surface area (Å²) >= 11 is 4.34. The van der Waals surface area contributed by atoms with Crippen molar-refractivity contribution in [1.29, 1.82) is 0 Å². The Morgan fingerprint density at radius 3 is 2.70 bits per heavy atom. The molecule has 0 bridgehead atoms. The van der Waals surface area contributed by atoms with Gasteiger partial charge in [0.2, 0.25) is 0 Å². The molecule has 0 aliphatic heterocycles. The van der Waals surface area contributed by atoms with Gasteiger partial charge < -0.3 is 9.30 Å². The van der Waals surface area contributed by atoms with Gasteiger partial charge in [-0.3, -0.25) is 5.32 Å². The number of ether oxygens (including phenoxy) is 1. The number of thiazole rings is 1. The van der Waals surface area contributed by atoms with Crippen molar-refractivity contribution in [2.45, 2.75) is 4.90 Å². The largest absolute Gasteiger partial charge is 0.465 e. The number of anilines is 1. The molecule has 0 unspecified atom stereocenters. The van der Waals surface area contributed by atoms with Gasteiger partial charge in [0, 0.05) is 18.6 Å². The van der Waals surface area contributed by atoms with Crippen LogP contribution in [0, 0.1) is 0 Å². The highest BCUT2D eigenvalue weighted by Gasteiger charge is 2.25. The number of fused-ring (bicyclic) bond motifs is 1. The van der Waals surface area contributed by atoms with E-state index >= 15 is 0 Å². The summed E-state index contributed by atoms with van der Waals surface area (Å²) in [5.41, 5.74) is 0.602. The normalized spacial score (nSPS) is 11.4. The highest BCUT2D eigenvalue weighted by molar-refractivity contribution is 9.11. The molecule has 2 amide bonds. The standard InChI is InChI=1S/C15H13BrN4O5S2/c1-20-7-10(8-4-3-5-9(12(8)20)13(21)25-2)27(23,24)19-14(22)18-15-17-6-11(16)26-15/h3-7H,1-2H3,(H2,17,18,19,22). The molecule has 0 saturated carbocycles. The van der Waals surface area contributed by atoms with Crippen LogP contribution in [0.15, 0.2) is 39.3 Å². The molecule has 0 saturated heterocycles. The second-order valence-electron chi connectivity index (χ2n) is 5.33. The molecule has 3 aromatic rings. The number of halogens is 1. The van der Waals surface area contributed by atoms with Crippen LogP contribution in [0.3, 0.4) is 0 Å². The molecule has 27 heavy (non-hydrogen) atoms. The Balaban J connectivity index is 1.96. The van der Waals surface area contributed by atoms with E-state index in [1.807, 2.05) is 4.72 Å². The molecule has 0 spiro atoms. The van der Waals surface area contributed by atoms with Gasteiger partial charge in [-0.15, -0.1) is 0 Å². The number of carbonyl (C=O) groups is 2. The average Bonchev–Trinajstić information content (AvgIpc) is 3.17. The summed E-state index contributed by atoms with van der Waals surface area (Å²) < 4.78 is 34.2. The van der Waals surface area contributed by atoms with Crippen molar-refractivity contribution in [3.8, 4) is 0 Å². The van der Waals surface area contributed by atoms with Crippen LogP contribution < -0.4 is 10.0 Å². The van der Waals surface area contributed by atoms with Crippen molar-refractivity contribution in [2.75, 3.05) is 12.4 Å². The molecule has 0 fully saturated rings. The van der Waals surface area contributed by atoms with E-state index < -0.39 is 22.0 Å². The molecule has 2 N–H and O–H groups in total. The van der Waals surface area contributed by atoms with E-state index in [0.29, 0.717) is 9.30 Å². The first kappa shape index (κ1) is 19.3. The van der Waals surface area contributed by atoms with Crippen molar-refractivity contribution >= 4 is 65.3 Å². The second kappa shape index (κ2) is 7.29. The highest BCUT2D eigenvalue weighted by Crippen LogP contribution is 2.28. The Hall–Kier alpha value is -2.44. The zero-order chi connectivity index (χ0) is 19.8. The Kier molecular flexibility index (Phi) is 5.22.